The first-order valence-corrected chi connectivity index (χ1v) is 43.6. The van der Waals surface area contributed by atoms with Crippen molar-refractivity contribution >= 4 is 46.9 Å². The molecule has 24 rings (SSSR count). The molecule has 4 aliphatic carbocycles. The molecule has 0 spiro atoms. The van der Waals surface area contributed by atoms with E-state index in [4.69, 9.17) is 0 Å². The molecule has 4 amide bonds. The average Bonchev–Trinajstić information content (AvgIpc) is 0.778. The van der Waals surface area contributed by atoms with Crippen LogP contribution in [0.1, 0.15) is 163 Å². The van der Waals surface area contributed by atoms with Crippen molar-refractivity contribution in [3.63, 3.8) is 0 Å². The summed E-state index contributed by atoms with van der Waals surface area (Å²) in [4.78, 5) is 125. The zero-order valence-corrected chi connectivity index (χ0v) is 71.6. The molecule has 18 heterocycles. The predicted molar refractivity (Wildman–Crippen MR) is 479 cm³/mol. The van der Waals surface area contributed by atoms with Gasteiger partial charge >= 0.3 is 0 Å². The summed E-state index contributed by atoms with van der Waals surface area (Å²) >= 11 is 0. The van der Waals surface area contributed by atoms with Gasteiger partial charge in [-0.25, -0.2) is 69.8 Å². The molecule has 4 N–H and O–H groups in total. The number of benzene rings is 2. The SMILES string of the molecule is Cc1ccc(NC2CC3CCC2N(C(=O)c2cc(C)ccc2-c2ncccn2)C3)nc1.Cc1ccc(NC2CC3CCC2N(C(=O)c2ccc(C)cc2-c2ncccn2)C3)nc1.Cc1ccc(NC2CC3CCC2N(C(=O)c2ccc(C)nc2-c2ncccn2)C3)nc1.Cc1ccc(NC2CC3CCC2N(C(=O)c2nc(C)ccc2-c2ncccn2)C3)nc1. The topological polar surface area (TPSA) is 310 Å². The minimum absolute atomic E-state index is 0.00742. The molecule has 12 aliphatic rings. The maximum atomic E-state index is 13.8. The largest absolute Gasteiger partial charge is 0.365 e. The number of carbonyl (C=O) groups excluding carboxylic acids is 4. The molecule has 12 atom stereocenters. The number of hydrogen-bond acceptors (Lipinski definition) is 22. The Morgan fingerprint density at radius 2 is 0.605 bits per heavy atom. The first kappa shape index (κ1) is 83.0. The van der Waals surface area contributed by atoms with E-state index in [-0.39, 0.29) is 72.0 Å². The molecule has 632 valence electrons. The molecule has 26 nitrogen and oxygen atoms in total. The summed E-state index contributed by atoms with van der Waals surface area (Å²) in [6.45, 7) is 19.2. The number of carbonyl (C=O) groups is 4. The molecule has 2 aromatic carbocycles. The van der Waals surface area contributed by atoms with Gasteiger partial charge in [0.1, 0.15) is 34.7 Å². The van der Waals surface area contributed by atoms with Crippen LogP contribution in [0.3, 0.4) is 0 Å². The molecule has 8 bridgehead atoms. The Labute approximate surface area is 724 Å². The second-order valence-corrected chi connectivity index (χ2v) is 34.8. The molecule has 12 fully saturated rings. The lowest BCUT2D eigenvalue weighted by Gasteiger charge is -2.50. The smallest absolute Gasteiger partial charge is 0.273 e. The summed E-state index contributed by atoms with van der Waals surface area (Å²) in [5.41, 5.74) is 13.5. The summed E-state index contributed by atoms with van der Waals surface area (Å²) in [7, 11) is 0. The van der Waals surface area contributed by atoms with Crippen LogP contribution in [0.5, 0.6) is 0 Å². The highest BCUT2D eigenvalue weighted by atomic mass is 16.2. The molecule has 0 radical (unpaired) electrons. The van der Waals surface area contributed by atoms with Crippen LogP contribution in [0, 0.1) is 79.1 Å². The van der Waals surface area contributed by atoms with E-state index >= 15 is 0 Å². The van der Waals surface area contributed by atoms with E-state index in [1.807, 2.05) is 175 Å². The number of aromatic nitrogens is 14. The number of nitrogens with zero attached hydrogens (tertiary/aromatic N) is 18. The van der Waals surface area contributed by atoms with Gasteiger partial charge in [-0.2, -0.15) is 0 Å². The number of anilines is 4. The number of fused-ring (bicyclic) bond motifs is 12. The number of rotatable bonds is 16. The lowest BCUT2D eigenvalue weighted by atomic mass is 9.76. The van der Waals surface area contributed by atoms with E-state index in [2.05, 4.69) is 125 Å². The molecule has 8 aliphatic heterocycles. The van der Waals surface area contributed by atoms with Gasteiger partial charge in [0.2, 0.25) is 0 Å². The highest BCUT2D eigenvalue weighted by molar-refractivity contribution is 6.02. The van der Waals surface area contributed by atoms with E-state index in [0.717, 1.165) is 170 Å². The van der Waals surface area contributed by atoms with Crippen LogP contribution in [-0.4, -0.2) is 188 Å². The molecule has 8 saturated heterocycles. The lowest BCUT2D eigenvalue weighted by molar-refractivity contribution is 0.0274. The second kappa shape index (κ2) is 37.2. The van der Waals surface area contributed by atoms with Crippen LogP contribution in [0.15, 0.2) is 208 Å². The number of aryl methyl sites for hydroxylation is 8. The van der Waals surface area contributed by atoms with Crippen molar-refractivity contribution in [2.75, 3.05) is 47.4 Å². The van der Waals surface area contributed by atoms with Crippen molar-refractivity contribution in [2.45, 2.75) is 181 Å². The zero-order chi connectivity index (χ0) is 85.5. The minimum atomic E-state index is -0.0378. The summed E-state index contributed by atoms with van der Waals surface area (Å²) in [5, 5.41) is 14.4. The van der Waals surface area contributed by atoms with Crippen LogP contribution >= 0.6 is 0 Å². The number of hydrogen-bond donors (Lipinski definition) is 4. The van der Waals surface area contributed by atoms with Gasteiger partial charge in [-0.05, 0) is 269 Å². The van der Waals surface area contributed by atoms with Crippen LogP contribution in [0.4, 0.5) is 23.3 Å². The zero-order valence-electron chi connectivity index (χ0n) is 71.6. The third-order valence-corrected chi connectivity index (χ3v) is 25.6. The van der Waals surface area contributed by atoms with Crippen molar-refractivity contribution in [3.05, 3.63) is 275 Å². The normalized spacial score (nSPS) is 22.4. The van der Waals surface area contributed by atoms with Gasteiger partial charge in [0.15, 0.2) is 23.3 Å². The fourth-order valence-corrected chi connectivity index (χ4v) is 19.5. The highest BCUT2D eigenvalue weighted by Crippen LogP contribution is 2.44. The standard InChI is InChI=1S/2C25H27N5O.2C24H26N6O/c1-16-4-7-19(20(12-16)24-26-10-3-11-27-24)25(31)30-15-18-6-8-22(30)21(13-18)29-23-9-5-17(2)14-28-23;1-16-4-7-19(24-26-10-3-11-27-24)20(12-16)25(31)30-15-18-6-8-22(30)21(13-18)29-23-9-5-17(2)14-28-23;1-15-4-9-21(27-13-15)29-19-12-17-6-8-20(19)30(14-17)24(31)18-7-5-16(2)28-22(18)23-25-10-3-11-26-23;1-15-4-9-21(27-13-15)29-19-12-17-6-8-20(19)30(14-17)24(31)22-18(7-5-16(2)28-22)23-25-10-3-11-26-23/h2*3-5,7,9-12,14,18,21-22H,6,8,13,15H2,1-2H3,(H,28,29);2*3-5,7,9-11,13,17,19-20H,6,8,12,14H2,1-2H3,(H,27,29). The molecule has 4 saturated carbocycles. The molecule has 26 heteroatoms. The van der Waals surface area contributed by atoms with E-state index in [1.54, 1.807) is 73.8 Å². The van der Waals surface area contributed by atoms with Gasteiger partial charge in [-0.3, -0.25) is 19.2 Å². The molecule has 12 aromatic rings. The predicted octanol–water partition coefficient (Wildman–Crippen LogP) is 15.8. The van der Waals surface area contributed by atoms with Crippen LogP contribution in [0.2, 0.25) is 0 Å². The van der Waals surface area contributed by atoms with Gasteiger partial charge in [0.25, 0.3) is 23.6 Å². The van der Waals surface area contributed by atoms with Crippen LogP contribution in [-0.2, 0) is 0 Å². The molecule has 12 unspecified atom stereocenters. The number of nitrogens with one attached hydrogen (secondary N) is 4. The van der Waals surface area contributed by atoms with Gasteiger partial charge in [-0.15, -0.1) is 0 Å². The van der Waals surface area contributed by atoms with Crippen LogP contribution in [0.25, 0.3) is 45.7 Å². The van der Waals surface area contributed by atoms with E-state index in [1.165, 1.54) is 12.8 Å². The first-order valence-electron chi connectivity index (χ1n) is 43.6. The maximum absolute atomic E-state index is 13.8. The molecule has 124 heavy (non-hydrogen) atoms. The Hall–Kier alpha value is -13.3. The Morgan fingerprint density at radius 1 is 0.290 bits per heavy atom. The maximum Gasteiger partial charge on any atom is 0.273 e. The Bertz CT molecular complexity index is 5390. The number of piperidine rings is 8. The monoisotopic (exact) mass is 1650 g/mol. The van der Waals surface area contributed by atoms with Crippen molar-refractivity contribution in [1.82, 2.24) is 89.4 Å². The fraction of sp³-hybridized carbons (Fsp3) is 0.367. The fourth-order valence-electron chi connectivity index (χ4n) is 19.5. The van der Waals surface area contributed by atoms with E-state index in [9.17, 15) is 19.2 Å². The summed E-state index contributed by atoms with van der Waals surface area (Å²) in [6.07, 6.45) is 34.1. The Kier molecular flexibility index (Phi) is 24.9. The Balaban J connectivity index is 0.000000117. The molecular formula is C98H106N22O4. The average molecular weight is 1660 g/mol. The van der Waals surface area contributed by atoms with Crippen LogP contribution < -0.4 is 21.3 Å². The highest BCUT2D eigenvalue weighted by Gasteiger charge is 2.48. The minimum Gasteiger partial charge on any atom is -0.365 e. The summed E-state index contributed by atoms with van der Waals surface area (Å²) in [6, 6.07) is 44.2. The van der Waals surface area contributed by atoms with Gasteiger partial charge in [-0.1, -0.05) is 53.6 Å². The van der Waals surface area contributed by atoms with E-state index < -0.39 is 0 Å². The molecular weight excluding hydrogens is 1550 g/mol. The van der Waals surface area contributed by atoms with Crippen molar-refractivity contribution in [3.8, 4) is 45.7 Å². The molecule has 10 aromatic heterocycles. The summed E-state index contributed by atoms with van der Waals surface area (Å²) in [5.74, 6) is 7.79. The van der Waals surface area contributed by atoms with E-state index in [0.29, 0.717) is 80.6 Å². The van der Waals surface area contributed by atoms with Crippen molar-refractivity contribution < 1.29 is 19.2 Å². The number of pyridine rings is 6. The second-order valence-electron chi connectivity index (χ2n) is 34.8. The lowest BCUT2D eigenvalue weighted by Crippen LogP contribution is -2.60. The third-order valence-electron chi connectivity index (χ3n) is 25.6. The van der Waals surface area contributed by atoms with Crippen molar-refractivity contribution in [2.24, 2.45) is 23.7 Å². The van der Waals surface area contributed by atoms with Gasteiger partial charge in [0, 0.05) is 147 Å². The quantitative estimate of drug-likeness (QED) is 0.0698. The number of amides is 4. The first-order chi connectivity index (χ1) is 60.3. The van der Waals surface area contributed by atoms with Crippen molar-refractivity contribution in [1.29, 1.82) is 0 Å². The van der Waals surface area contributed by atoms with Gasteiger partial charge < -0.3 is 40.9 Å². The Morgan fingerprint density at radius 3 is 1.00 bits per heavy atom. The van der Waals surface area contributed by atoms with Gasteiger partial charge in [0.05, 0.1) is 46.4 Å². The summed E-state index contributed by atoms with van der Waals surface area (Å²) < 4.78 is 0. The third kappa shape index (κ3) is 18.9.